The standard InChI is InChI=1S/C21H17/c1-2-6-16(7-3-1)10-11-17-12-13-20-14-18-8-4-5-9-19(18)15-21(17)20/h1-9,12-15H,10-11H2. The van der Waals surface area contributed by atoms with Gasteiger partial charge in [-0.1, -0.05) is 66.7 Å². The molecule has 0 saturated carbocycles. The van der Waals surface area contributed by atoms with E-state index in [2.05, 4.69) is 78.9 Å². The molecule has 3 aromatic carbocycles. The SMILES string of the molecule is C1=Cc2cc3ccccc3cc2[C]1CCc1ccccc1. The first-order chi connectivity index (χ1) is 10.4. The fourth-order valence-corrected chi connectivity index (χ4v) is 3.10. The molecule has 0 fully saturated rings. The highest BCUT2D eigenvalue weighted by molar-refractivity contribution is 5.88. The van der Waals surface area contributed by atoms with Crippen LogP contribution in [0.15, 0.2) is 72.8 Å². The molecule has 0 nitrogen and oxygen atoms in total. The topological polar surface area (TPSA) is 0 Å². The van der Waals surface area contributed by atoms with Crippen LogP contribution in [0.25, 0.3) is 16.8 Å². The molecule has 101 valence electrons. The smallest absolute Gasteiger partial charge is 0.0276 e. The van der Waals surface area contributed by atoms with Gasteiger partial charge in [-0.15, -0.1) is 0 Å². The van der Waals surface area contributed by atoms with Gasteiger partial charge in [0.15, 0.2) is 0 Å². The average Bonchev–Trinajstić information content (AvgIpc) is 2.94. The lowest BCUT2D eigenvalue weighted by Gasteiger charge is -2.11. The van der Waals surface area contributed by atoms with Crippen LogP contribution >= 0.6 is 0 Å². The van der Waals surface area contributed by atoms with Crippen molar-refractivity contribution in [3.63, 3.8) is 0 Å². The zero-order valence-corrected chi connectivity index (χ0v) is 11.9. The van der Waals surface area contributed by atoms with Gasteiger partial charge in [0, 0.05) is 5.92 Å². The Kier molecular flexibility index (Phi) is 3.08. The van der Waals surface area contributed by atoms with Crippen molar-refractivity contribution < 1.29 is 0 Å². The molecule has 4 rings (SSSR count). The first kappa shape index (κ1) is 12.4. The summed E-state index contributed by atoms with van der Waals surface area (Å²) in [4.78, 5) is 0. The summed E-state index contributed by atoms with van der Waals surface area (Å²) in [7, 11) is 0. The van der Waals surface area contributed by atoms with Gasteiger partial charge in [0.25, 0.3) is 0 Å². The van der Waals surface area contributed by atoms with Crippen LogP contribution in [0.5, 0.6) is 0 Å². The molecule has 0 N–H and O–H groups in total. The van der Waals surface area contributed by atoms with Crippen LogP contribution in [0.4, 0.5) is 0 Å². The van der Waals surface area contributed by atoms with Crippen LogP contribution < -0.4 is 0 Å². The minimum atomic E-state index is 1.10. The predicted octanol–water partition coefficient (Wildman–Crippen LogP) is 5.42. The van der Waals surface area contributed by atoms with Gasteiger partial charge in [0.1, 0.15) is 0 Å². The molecule has 3 aromatic rings. The molecule has 1 aliphatic carbocycles. The lowest BCUT2D eigenvalue weighted by atomic mass is 9.92. The zero-order valence-electron chi connectivity index (χ0n) is 11.9. The van der Waals surface area contributed by atoms with Crippen LogP contribution in [-0.4, -0.2) is 0 Å². The maximum absolute atomic E-state index is 2.34. The van der Waals surface area contributed by atoms with Gasteiger partial charge in [-0.2, -0.15) is 0 Å². The quantitative estimate of drug-likeness (QED) is 0.595. The van der Waals surface area contributed by atoms with Gasteiger partial charge >= 0.3 is 0 Å². The Hall–Kier alpha value is -2.34. The number of hydrogen-bond acceptors (Lipinski definition) is 0. The Morgan fingerprint density at radius 1 is 0.619 bits per heavy atom. The van der Waals surface area contributed by atoms with Crippen molar-refractivity contribution in [3.8, 4) is 0 Å². The Morgan fingerprint density at radius 3 is 2.14 bits per heavy atom. The minimum Gasteiger partial charge on any atom is -0.0721 e. The summed E-state index contributed by atoms with van der Waals surface area (Å²) >= 11 is 0. The highest BCUT2D eigenvalue weighted by atomic mass is 14.2. The third-order valence-corrected chi connectivity index (χ3v) is 4.25. The van der Waals surface area contributed by atoms with E-state index in [0.29, 0.717) is 0 Å². The highest BCUT2D eigenvalue weighted by Gasteiger charge is 2.18. The van der Waals surface area contributed by atoms with Crippen molar-refractivity contribution in [1.82, 2.24) is 0 Å². The molecule has 21 heavy (non-hydrogen) atoms. The Bertz CT molecular complexity index is 797. The van der Waals surface area contributed by atoms with Gasteiger partial charge < -0.3 is 0 Å². The average molecular weight is 269 g/mol. The van der Waals surface area contributed by atoms with E-state index in [1.807, 2.05) is 0 Å². The molecular weight excluding hydrogens is 252 g/mol. The van der Waals surface area contributed by atoms with Crippen LogP contribution in [0, 0.1) is 5.92 Å². The van der Waals surface area contributed by atoms with Crippen molar-refractivity contribution in [2.75, 3.05) is 0 Å². The molecule has 0 bridgehead atoms. The Labute approximate surface area is 125 Å². The lowest BCUT2D eigenvalue weighted by Crippen LogP contribution is -1.97. The number of fused-ring (bicyclic) bond motifs is 2. The summed E-state index contributed by atoms with van der Waals surface area (Å²) in [6, 6.07) is 24.0. The fourth-order valence-electron chi connectivity index (χ4n) is 3.10. The second-order valence-corrected chi connectivity index (χ2v) is 5.63. The molecule has 0 heteroatoms. The van der Waals surface area contributed by atoms with E-state index in [-0.39, 0.29) is 0 Å². The number of benzene rings is 3. The van der Waals surface area contributed by atoms with Gasteiger partial charge in [0.2, 0.25) is 0 Å². The van der Waals surface area contributed by atoms with Crippen molar-refractivity contribution in [3.05, 3.63) is 95.4 Å². The summed E-state index contributed by atoms with van der Waals surface area (Å²) in [6.07, 6.45) is 6.74. The first-order valence-corrected chi connectivity index (χ1v) is 7.51. The fraction of sp³-hybridized carbons (Fsp3) is 0.0952. The van der Waals surface area contributed by atoms with Gasteiger partial charge in [-0.05, 0) is 52.4 Å². The van der Waals surface area contributed by atoms with E-state index in [0.717, 1.165) is 12.8 Å². The Morgan fingerprint density at radius 2 is 1.33 bits per heavy atom. The third kappa shape index (κ3) is 2.38. The van der Waals surface area contributed by atoms with E-state index >= 15 is 0 Å². The summed E-state index contributed by atoms with van der Waals surface area (Å²) < 4.78 is 0. The minimum absolute atomic E-state index is 1.10. The number of hydrogen-bond donors (Lipinski definition) is 0. The molecule has 1 radical (unpaired) electrons. The second-order valence-electron chi connectivity index (χ2n) is 5.63. The van der Waals surface area contributed by atoms with E-state index in [4.69, 9.17) is 0 Å². The second kappa shape index (κ2) is 5.21. The molecule has 0 heterocycles. The maximum atomic E-state index is 2.34. The molecule has 0 saturated heterocycles. The number of aryl methyl sites for hydroxylation is 1. The molecule has 0 spiro atoms. The summed E-state index contributed by atoms with van der Waals surface area (Å²) in [5.41, 5.74) is 4.18. The molecule has 0 aromatic heterocycles. The van der Waals surface area contributed by atoms with E-state index in [9.17, 15) is 0 Å². The number of allylic oxidation sites excluding steroid dienone is 1. The van der Waals surface area contributed by atoms with Crippen molar-refractivity contribution >= 4 is 16.8 Å². The third-order valence-electron chi connectivity index (χ3n) is 4.25. The number of rotatable bonds is 3. The molecular formula is C21H17. The molecule has 0 unspecified atom stereocenters. The summed E-state index contributed by atoms with van der Waals surface area (Å²) in [6.45, 7) is 0. The molecule has 0 aliphatic heterocycles. The maximum Gasteiger partial charge on any atom is 0.0276 e. The predicted molar refractivity (Wildman–Crippen MR) is 90.1 cm³/mol. The van der Waals surface area contributed by atoms with Crippen LogP contribution in [0.1, 0.15) is 23.1 Å². The lowest BCUT2D eigenvalue weighted by molar-refractivity contribution is 0.899. The van der Waals surface area contributed by atoms with Crippen molar-refractivity contribution in [2.24, 2.45) is 0 Å². The monoisotopic (exact) mass is 269 g/mol. The molecule has 0 amide bonds. The van der Waals surface area contributed by atoms with E-state index < -0.39 is 0 Å². The summed E-state index contributed by atoms with van der Waals surface area (Å²) in [5, 5.41) is 2.65. The van der Waals surface area contributed by atoms with Crippen LogP contribution in [-0.2, 0) is 6.42 Å². The van der Waals surface area contributed by atoms with E-state index in [1.165, 1.54) is 33.4 Å². The van der Waals surface area contributed by atoms with E-state index in [1.54, 1.807) is 0 Å². The van der Waals surface area contributed by atoms with Crippen molar-refractivity contribution in [1.29, 1.82) is 0 Å². The van der Waals surface area contributed by atoms with Crippen LogP contribution in [0.2, 0.25) is 0 Å². The summed E-state index contributed by atoms with van der Waals surface area (Å²) in [5.74, 6) is 1.46. The first-order valence-electron chi connectivity index (χ1n) is 7.51. The molecule has 1 aliphatic rings. The molecule has 0 atom stereocenters. The Balaban J connectivity index is 1.61. The normalized spacial score (nSPS) is 13.7. The van der Waals surface area contributed by atoms with Gasteiger partial charge in [0.05, 0.1) is 0 Å². The highest BCUT2D eigenvalue weighted by Crippen LogP contribution is 2.35. The van der Waals surface area contributed by atoms with Crippen molar-refractivity contribution in [2.45, 2.75) is 12.8 Å². The van der Waals surface area contributed by atoms with Gasteiger partial charge in [-0.25, -0.2) is 0 Å². The van der Waals surface area contributed by atoms with Gasteiger partial charge in [-0.3, -0.25) is 0 Å². The van der Waals surface area contributed by atoms with Crippen LogP contribution in [0.3, 0.4) is 0 Å². The zero-order chi connectivity index (χ0) is 14.1. The largest absolute Gasteiger partial charge is 0.0721 e.